The highest BCUT2D eigenvalue weighted by molar-refractivity contribution is 5.96. The highest BCUT2D eigenvalue weighted by Gasteiger charge is 2.30. The van der Waals surface area contributed by atoms with Gasteiger partial charge in [0, 0.05) is 29.8 Å². The molecule has 0 aliphatic carbocycles. The van der Waals surface area contributed by atoms with Gasteiger partial charge in [-0.1, -0.05) is 100 Å². The number of aromatic hydroxyl groups is 2. The summed E-state index contributed by atoms with van der Waals surface area (Å²) in [7, 11) is 0. The van der Waals surface area contributed by atoms with Gasteiger partial charge in [0.2, 0.25) is 0 Å². The fraction of sp³-hybridized carbons (Fsp3) is 0.511. The maximum absolute atomic E-state index is 13.6. The average Bonchev–Trinajstić information content (AvgIpc) is 3.61. The third kappa shape index (κ3) is 9.44. The molecule has 2 aromatic carbocycles. The zero-order valence-electron chi connectivity index (χ0n) is 33.5. The van der Waals surface area contributed by atoms with E-state index in [-0.39, 0.29) is 33.2 Å². The average molecular weight is 695 g/mol. The lowest BCUT2D eigenvalue weighted by Gasteiger charge is -2.31. The smallest absolute Gasteiger partial charge is 0.179 e. The third-order valence-corrected chi connectivity index (χ3v) is 10.3. The first kappa shape index (κ1) is 39.7. The van der Waals surface area contributed by atoms with Crippen LogP contribution in [0.2, 0.25) is 0 Å². The van der Waals surface area contributed by atoms with Crippen molar-refractivity contribution >= 4 is 11.6 Å². The molecular formula is C45H62N2O4. The minimum Gasteiger partial charge on any atom is -0.507 e. The van der Waals surface area contributed by atoms with Crippen LogP contribution < -0.4 is 0 Å². The van der Waals surface area contributed by atoms with Crippen LogP contribution in [0.5, 0.6) is 11.5 Å². The van der Waals surface area contributed by atoms with Gasteiger partial charge in [-0.05, 0) is 113 Å². The first-order chi connectivity index (χ1) is 23.4. The van der Waals surface area contributed by atoms with Gasteiger partial charge in [-0.25, -0.2) is 0 Å². The van der Waals surface area contributed by atoms with E-state index in [1.54, 1.807) is 0 Å². The molecular weight excluding hydrogens is 633 g/mol. The molecule has 4 N–H and O–H groups in total. The van der Waals surface area contributed by atoms with Crippen LogP contribution >= 0.6 is 0 Å². The molecule has 2 aromatic heterocycles. The molecule has 0 unspecified atom stereocenters. The summed E-state index contributed by atoms with van der Waals surface area (Å²) in [5.41, 5.74) is 8.75. The highest BCUT2D eigenvalue weighted by Crippen LogP contribution is 2.43. The van der Waals surface area contributed by atoms with Crippen LogP contribution in [0.25, 0.3) is 0 Å². The second-order valence-electron chi connectivity index (χ2n) is 18.5. The number of Topliss-reactive ketones (excluding diaryl/α,β-unsaturated/α-hetero) is 2. The lowest BCUT2D eigenvalue weighted by molar-refractivity contribution is 0.0970. The van der Waals surface area contributed by atoms with Crippen LogP contribution in [0, 0.1) is 13.8 Å². The molecule has 4 rings (SSSR count). The number of hydrogen-bond acceptors (Lipinski definition) is 4. The Bertz CT molecular complexity index is 1860. The number of carbonyl (C=O) groups is 2. The molecule has 0 radical (unpaired) electrons. The van der Waals surface area contributed by atoms with Crippen molar-refractivity contribution in [3.63, 3.8) is 0 Å². The van der Waals surface area contributed by atoms with E-state index in [2.05, 4.69) is 116 Å². The summed E-state index contributed by atoms with van der Waals surface area (Å²) in [4.78, 5) is 33.1. The van der Waals surface area contributed by atoms with Gasteiger partial charge in [0.25, 0.3) is 0 Å². The number of hydrogen-bond donors (Lipinski definition) is 4. The van der Waals surface area contributed by atoms with Gasteiger partial charge in [0.15, 0.2) is 11.6 Å². The molecule has 0 bridgehead atoms. The van der Waals surface area contributed by atoms with Crippen LogP contribution in [0.4, 0.5) is 0 Å². The number of rotatable bonds is 12. The van der Waals surface area contributed by atoms with E-state index in [9.17, 15) is 19.8 Å². The van der Waals surface area contributed by atoms with E-state index in [0.29, 0.717) is 55.0 Å². The Morgan fingerprint density at radius 1 is 0.588 bits per heavy atom. The van der Waals surface area contributed by atoms with Crippen molar-refractivity contribution in [3.8, 4) is 11.5 Å². The lowest BCUT2D eigenvalue weighted by Crippen LogP contribution is -2.22. The van der Waals surface area contributed by atoms with Crippen molar-refractivity contribution in [2.75, 3.05) is 0 Å². The zero-order valence-corrected chi connectivity index (χ0v) is 33.5. The van der Waals surface area contributed by atoms with Crippen molar-refractivity contribution in [2.24, 2.45) is 0 Å². The summed E-state index contributed by atoms with van der Waals surface area (Å²) < 4.78 is 0. The lowest BCUT2D eigenvalue weighted by atomic mass is 9.75. The molecule has 51 heavy (non-hydrogen) atoms. The number of aromatic amines is 2. The zero-order chi connectivity index (χ0) is 38.3. The van der Waals surface area contributed by atoms with Gasteiger partial charge in [-0.3, -0.25) is 9.59 Å². The number of aryl methyl sites for hydroxylation is 5. The monoisotopic (exact) mass is 694 g/mol. The molecule has 0 aliphatic heterocycles. The van der Waals surface area contributed by atoms with Crippen molar-refractivity contribution in [2.45, 2.75) is 150 Å². The normalized spacial score (nSPS) is 12.8. The Hall–Kier alpha value is -4.06. The number of phenols is 2. The Balaban J connectivity index is 1.51. The van der Waals surface area contributed by atoms with E-state index in [0.717, 1.165) is 56.8 Å². The largest absolute Gasteiger partial charge is 0.507 e. The molecule has 0 saturated carbocycles. The van der Waals surface area contributed by atoms with Crippen molar-refractivity contribution in [3.05, 3.63) is 104 Å². The SMILES string of the molecule is Cc1ccc(C(=O)CCc2cc(C(C)(C)C)c(O)c(C(C)(C)CCc3cc(C)c(C(=O)CCc4cc(C(C)(C)C)c(O)c(C(C)(C)C)c4)[nH]3)c2)[nH]1. The summed E-state index contributed by atoms with van der Waals surface area (Å²) in [6, 6.07) is 14.1. The molecule has 0 saturated heterocycles. The number of ketones is 2. The minimum absolute atomic E-state index is 0.0740. The third-order valence-electron chi connectivity index (χ3n) is 10.3. The molecule has 0 aliphatic rings. The van der Waals surface area contributed by atoms with Crippen LogP contribution in [0.15, 0.2) is 42.5 Å². The quantitative estimate of drug-likeness (QED) is 0.111. The molecule has 0 spiro atoms. The second-order valence-corrected chi connectivity index (χ2v) is 18.5. The summed E-state index contributed by atoms with van der Waals surface area (Å²) in [5.74, 6) is 0.823. The topological polar surface area (TPSA) is 106 Å². The molecule has 0 atom stereocenters. The van der Waals surface area contributed by atoms with Crippen molar-refractivity contribution in [1.29, 1.82) is 0 Å². The van der Waals surface area contributed by atoms with Gasteiger partial charge >= 0.3 is 0 Å². The maximum Gasteiger partial charge on any atom is 0.179 e. The molecule has 276 valence electrons. The summed E-state index contributed by atoms with van der Waals surface area (Å²) >= 11 is 0. The standard InChI is InChI=1S/C45H62N2O4/c1-27-22-31(47-39(27)38(49)19-16-29-23-32(42(3,4)5)40(50)33(24-29)43(6,7)8)20-21-45(12,13)35-26-30(25-34(41(35)51)44(9,10)11)15-18-37(48)36-17-14-28(2)46-36/h14,17,22-26,46-47,50-51H,15-16,18-21H2,1-13H3. The fourth-order valence-corrected chi connectivity index (χ4v) is 6.99. The van der Waals surface area contributed by atoms with Crippen LogP contribution in [-0.2, 0) is 40.9 Å². The predicted octanol–water partition coefficient (Wildman–Crippen LogP) is 10.8. The summed E-state index contributed by atoms with van der Waals surface area (Å²) in [5, 5.41) is 22.7. The van der Waals surface area contributed by atoms with E-state index >= 15 is 0 Å². The van der Waals surface area contributed by atoms with Gasteiger partial charge < -0.3 is 20.2 Å². The summed E-state index contributed by atoms with van der Waals surface area (Å²) in [6.07, 6.45) is 3.39. The molecule has 2 heterocycles. The van der Waals surface area contributed by atoms with Crippen LogP contribution in [0.3, 0.4) is 0 Å². The number of H-pyrrole nitrogens is 2. The first-order valence-corrected chi connectivity index (χ1v) is 18.5. The fourth-order valence-electron chi connectivity index (χ4n) is 6.99. The predicted molar refractivity (Wildman–Crippen MR) is 210 cm³/mol. The van der Waals surface area contributed by atoms with Crippen LogP contribution in [-0.4, -0.2) is 31.7 Å². The van der Waals surface area contributed by atoms with Crippen molar-refractivity contribution < 1.29 is 19.8 Å². The number of carbonyl (C=O) groups excluding carboxylic acids is 2. The number of phenolic OH excluding ortho intramolecular Hbond substituents is 2. The molecule has 0 amide bonds. The van der Waals surface area contributed by atoms with Gasteiger partial charge in [-0.15, -0.1) is 0 Å². The molecule has 0 fully saturated rings. The maximum atomic E-state index is 13.6. The second kappa shape index (κ2) is 14.5. The Kier molecular flexibility index (Phi) is 11.3. The summed E-state index contributed by atoms with van der Waals surface area (Å²) in [6.45, 7) is 27.2. The highest BCUT2D eigenvalue weighted by atomic mass is 16.3. The van der Waals surface area contributed by atoms with Crippen molar-refractivity contribution in [1.82, 2.24) is 9.97 Å². The van der Waals surface area contributed by atoms with E-state index < -0.39 is 0 Å². The van der Waals surface area contributed by atoms with Gasteiger partial charge in [0.05, 0.1) is 11.4 Å². The number of benzene rings is 2. The minimum atomic E-state index is -0.377. The van der Waals surface area contributed by atoms with E-state index in [1.165, 1.54) is 0 Å². The Labute approximate surface area is 306 Å². The Morgan fingerprint density at radius 3 is 1.49 bits per heavy atom. The Morgan fingerprint density at radius 2 is 1.04 bits per heavy atom. The van der Waals surface area contributed by atoms with Gasteiger partial charge in [-0.2, -0.15) is 0 Å². The molecule has 4 aromatic rings. The number of aromatic nitrogens is 2. The van der Waals surface area contributed by atoms with Gasteiger partial charge in [0.1, 0.15) is 11.5 Å². The van der Waals surface area contributed by atoms with E-state index in [4.69, 9.17) is 0 Å². The van der Waals surface area contributed by atoms with Crippen LogP contribution in [0.1, 0.15) is 167 Å². The first-order valence-electron chi connectivity index (χ1n) is 18.5. The van der Waals surface area contributed by atoms with E-state index in [1.807, 2.05) is 26.0 Å². The molecule has 6 heteroatoms. The number of nitrogens with one attached hydrogen (secondary N) is 2. The molecule has 6 nitrogen and oxygen atoms in total.